The van der Waals surface area contributed by atoms with Crippen molar-refractivity contribution in [2.24, 2.45) is 0 Å². The minimum Gasteiger partial charge on any atom is -0.480 e. The number of hydrogen-bond acceptors (Lipinski definition) is 2. The monoisotopic (exact) mass is 254 g/mol. The van der Waals surface area contributed by atoms with Crippen LogP contribution in [0, 0.1) is 0 Å². The van der Waals surface area contributed by atoms with Crippen LogP contribution in [-0.2, 0) is 4.79 Å². The standard InChI is InChI=1S/C13H22N2O3/c1-12(6-3-4-7-12)14-11(18)15-9-5-8-13(15,2)10(16)17/h3-9H2,1-2H3,(H,14,18)(H,16,17). The van der Waals surface area contributed by atoms with Crippen molar-refractivity contribution in [3.05, 3.63) is 0 Å². The van der Waals surface area contributed by atoms with Gasteiger partial charge in [-0.3, -0.25) is 0 Å². The van der Waals surface area contributed by atoms with E-state index in [0.29, 0.717) is 13.0 Å². The predicted molar refractivity (Wildman–Crippen MR) is 67.4 cm³/mol. The van der Waals surface area contributed by atoms with Gasteiger partial charge in [0.25, 0.3) is 0 Å². The topological polar surface area (TPSA) is 69.6 Å². The fourth-order valence-corrected chi connectivity index (χ4v) is 3.12. The number of carboxylic acids is 1. The summed E-state index contributed by atoms with van der Waals surface area (Å²) >= 11 is 0. The molecule has 2 amide bonds. The van der Waals surface area contributed by atoms with Crippen LogP contribution < -0.4 is 5.32 Å². The third-order valence-electron chi connectivity index (χ3n) is 4.46. The van der Waals surface area contributed by atoms with Gasteiger partial charge in [0.1, 0.15) is 5.54 Å². The Bertz CT molecular complexity index is 363. The zero-order valence-corrected chi connectivity index (χ0v) is 11.2. The number of amides is 2. The number of nitrogens with one attached hydrogen (secondary N) is 1. The zero-order valence-electron chi connectivity index (χ0n) is 11.2. The molecule has 0 bridgehead atoms. The summed E-state index contributed by atoms with van der Waals surface area (Å²) in [6.45, 7) is 4.22. The van der Waals surface area contributed by atoms with Crippen LogP contribution in [0.2, 0.25) is 0 Å². The van der Waals surface area contributed by atoms with Crippen LogP contribution in [0.3, 0.4) is 0 Å². The lowest BCUT2D eigenvalue weighted by atomic mass is 9.99. The Balaban J connectivity index is 2.07. The molecular formula is C13H22N2O3. The summed E-state index contributed by atoms with van der Waals surface area (Å²) in [7, 11) is 0. The number of nitrogens with zero attached hydrogens (tertiary/aromatic N) is 1. The number of rotatable bonds is 2. The van der Waals surface area contributed by atoms with Crippen molar-refractivity contribution in [3.8, 4) is 0 Å². The lowest BCUT2D eigenvalue weighted by Gasteiger charge is -2.35. The highest BCUT2D eigenvalue weighted by atomic mass is 16.4. The van der Waals surface area contributed by atoms with Gasteiger partial charge in [0.2, 0.25) is 0 Å². The SMILES string of the molecule is CC1(NC(=O)N2CCCC2(C)C(=O)O)CCCC1. The molecule has 0 radical (unpaired) electrons. The Hall–Kier alpha value is -1.26. The van der Waals surface area contributed by atoms with Crippen molar-refractivity contribution in [2.45, 2.75) is 63.5 Å². The molecule has 1 atom stereocenters. The molecule has 2 aliphatic rings. The average molecular weight is 254 g/mol. The third-order valence-corrected chi connectivity index (χ3v) is 4.46. The van der Waals surface area contributed by atoms with Crippen LogP contribution in [0.1, 0.15) is 52.4 Å². The number of aliphatic carboxylic acids is 1. The Morgan fingerprint density at radius 2 is 1.72 bits per heavy atom. The molecule has 1 unspecified atom stereocenters. The molecule has 2 N–H and O–H groups in total. The average Bonchev–Trinajstić information content (AvgIpc) is 2.86. The summed E-state index contributed by atoms with van der Waals surface area (Å²) in [5, 5.41) is 12.3. The maximum Gasteiger partial charge on any atom is 0.329 e. The number of hydrogen-bond donors (Lipinski definition) is 2. The van der Waals surface area contributed by atoms with E-state index in [4.69, 9.17) is 0 Å². The molecular weight excluding hydrogens is 232 g/mol. The van der Waals surface area contributed by atoms with Crippen molar-refractivity contribution in [3.63, 3.8) is 0 Å². The summed E-state index contributed by atoms with van der Waals surface area (Å²) in [5.74, 6) is -0.910. The number of carbonyl (C=O) groups excluding carboxylic acids is 1. The van der Waals surface area contributed by atoms with Crippen LogP contribution in [0.25, 0.3) is 0 Å². The number of carboxylic acid groups (broad SMARTS) is 1. The molecule has 5 heteroatoms. The van der Waals surface area contributed by atoms with Gasteiger partial charge in [0.15, 0.2) is 0 Å². The molecule has 1 saturated heterocycles. The highest BCUT2D eigenvalue weighted by Crippen LogP contribution is 2.32. The largest absolute Gasteiger partial charge is 0.480 e. The van der Waals surface area contributed by atoms with Crippen molar-refractivity contribution in [1.82, 2.24) is 10.2 Å². The third kappa shape index (κ3) is 2.18. The molecule has 1 aliphatic carbocycles. The van der Waals surface area contributed by atoms with Crippen LogP contribution >= 0.6 is 0 Å². The van der Waals surface area contributed by atoms with E-state index in [0.717, 1.165) is 32.1 Å². The van der Waals surface area contributed by atoms with E-state index in [-0.39, 0.29) is 11.6 Å². The number of likely N-dealkylation sites (tertiary alicyclic amines) is 1. The molecule has 1 heterocycles. The van der Waals surface area contributed by atoms with Gasteiger partial charge in [-0.25, -0.2) is 9.59 Å². The van der Waals surface area contributed by atoms with Gasteiger partial charge in [0.05, 0.1) is 0 Å². The Labute approximate surface area is 108 Å². The molecule has 1 aliphatic heterocycles. The van der Waals surface area contributed by atoms with Gasteiger partial charge < -0.3 is 15.3 Å². The maximum absolute atomic E-state index is 12.3. The molecule has 0 aromatic rings. The van der Waals surface area contributed by atoms with E-state index in [2.05, 4.69) is 5.32 Å². The van der Waals surface area contributed by atoms with Crippen molar-refractivity contribution < 1.29 is 14.7 Å². The summed E-state index contributed by atoms with van der Waals surface area (Å²) in [4.78, 5) is 25.1. The Morgan fingerprint density at radius 1 is 1.11 bits per heavy atom. The second-order valence-corrected chi connectivity index (χ2v) is 6.03. The summed E-state index contributed by atoms with van der Waals surface area (Å²) in [6.07, 6.45) is 5.52. The van der Waals surface area contributed by atoms with Gasteiger partial charge in [-0.2, -0.15) is 0 Å². The minimum atomic E-state index is -1.04. The number of urea groups is 1. The number of carbonyl (C=O) groups is 2. The van der Waals surface area contributed by atoms with E-state index < -0.39 is 11.5 Å². The highest BCUT2D eigenvalue weighted by molar-refractivity contribution is 5.87. The van der Waals surface area contributed by atoms with Gasteiger partial charge in [-0.15, -0.1) is 0 Å². The Morgan fingerprint density at radius 3 is 2.28 bits per heavy atom. The first kappa shape index (κ1) is 13.2. The lowest BCUT2D eigenvalue weighted by molar-refractivity contribution is -0.147. The Kier molecular flexibility index (Phi) is 3.25. The molecule has 0 spiro atoms. The predicted octanol–water partition coefficient (Wildman–Crippen LogP) is 1.97. The fraction of sp³-hybridized carbons (Fsp3) is 0.846. The smallest absolute Gasteiger partial charge is 0.329 e. The van der Waals surface area contributed by atoms with E-state index in [1.807, 2.05) is 6.92 Å². The van der Waals surface area contributed by atoms with Gasteiger partial charge >= 0.3 is 12.0 Å². The van der Waals surface area contributed by atoms with E-state index in [1.54, 1.807) is 6.92 Å². The van der Waals surface area contributed by atoms with E-state index >= 15 is 0 Å². The van der Waals surface area contributed by atoms with E-state index in [9.17, 15) is 14.7 Å². The molecule has 5 nitrogen and oxygen atoms in total. The lowest BCUT2D eigenvalue weighted by Crippen LogP contribution is -2.57. The first-order chi connectivity index (χ1) is 8.37. The van der Waals surface area contributed by atoms with Crippen LogP contribution in [0.4, 0.5) is 4.79 Å². The molecule has 1 saturated carbocycles. The molecule has 18 heavy (non-hydrogen) atoms. The summed E-state index contributed by atoms with van der Waals surface area (Å²) in [6, 6.07) is -0.221. The van der Waals surface area contributed by atoms with E-state index in [1.165, 1.54) is 4.90 Å². The van der Waals surface area contributed by atoms with Gasteiger partial charge in [-0.1, -0.05) is 12.8 Å². The molecule has 2 fully saturated rings. The normalized spacial score (nSPS) is 30.4. The highest BCUT2D eigenvalue weighted by Gasteiger charge is 2.47. The fourth-order valence-electron chi connectivity index (χ4n) is 3.12. The second kappa shape index (κ2) is 4.44. The molecule has 0 aromatic heterocycles. The van der Waals surface area contributed by atoms with Crippen LogP contribution in [0.5, 0.6) is 0 Å². The summed E-state index contributed by atoms with van der Waals surface area (Å²) in [5.41, 5.74) is -1.20. The summed E-state index contributed by atoms with van der Waals surface area (Å²) < 4.78 is 0. The van der Waals surface area contributed by atoms with Crippen molar-refractivity contribution >= 4 is 12.0 Å². The van der Waals surface area contributed by atoms with Gasteiger partial charge in [-0.05, 0) is 39.5 Å². The molecule has 0 aromatic carbocycles. The van der Waals surface area contributed by atoms with Crippen LogP contribution in [0.15, 0.2) is 0 Å². The van der Waals surface area contributed by atoms with Crippen molar-refractivity contribution in [2.75, 3.05) is 6.54 Å². The van der Waals surface area contributed by atoms with Crippen molar-refractivity contribution in [1.29, 1.82) is 0 Å². The first-order valence-electron chi connectivity index (χ1n) is 6.71. The second-order valence-electron chi connectivity index (χ2n) is 6.03. The molecule has 2 rings (SSSR count). The maximum atomic E-state index is 12.3. The van der Waals surface area contributed by atoms with Crippen LogP contribution in [-0.4, -0.2) is 39.6 Å². The zero-order chi connectivity index (χ0) is 13.4. The van der Waals surface area contributed by atoms with Gasteiger partial charge in [0, 0.05) is 12.1 Å². The molecule has 102 valence electrons. The quantitative estimate of drug-likeness (QED) is 0.791. The minimum absolute atomic E-state index is 0.154. The first-order valence-corrected chi connectivity index (χ1v) is 6.71.